The number of likely N-dealkylation sites (tertiary alicyclic amines) is 1. The Labute approximate surface area is 111 Å². The summed E-state index contributed by atoms with van der Waals surface area (Å²) in [5, 5.41) is 9.73. The lowest BCUT2D eigenvalue weighted by atomic mass is 10.2. The van der Waals surface area contributed by atoms with Gasteiger partial charge in [-0.05, 0) is 31.4 Å². The van der Waals surface area contributed by atoms with Crippen LogP contribution in [-0.4, -0.2) is 34.6 Å². The fourth-order valence-electron chi connectivity index (χ4n) is 1.97. The standard InChI is InChI=1S/C13H15N3OS/c1-10-4-5-15-13(11(10)8-14)18-9-12(17)16-6-2-3-7-16/h4-5H,2-3,6-7,9H2,1H3. The highest BCUT2D eigenvalue weighted by Gasteiger charge is 2.18. The molecule has 5 heteroatoms. The molecule has 1 aliphatic heterocycles. The Morgan fingerprint density at radius 1 is 1.56 bits per heavy atom. The van der Waals surface area contributed by atoms with E-state index >= 15 is 0 Å². The maximum absolute atomic E-state index is 11.9. The summed E-state index contributed by atoms with van der Waals surface area (Å²) in [5.74, 6) is 0.509. The van der Waals surface area contributed by atoms with Gasteiger partial charge in [-0.15, -0.1) is 0 Å². The molecule has 1 aromatic heterocycles. The Kier molecular flexibility index (Phi) is 4.21. The maximum Gasteiger partial charge on any atom is 0.232 e. The average Bonchev–Trinajstić information content (AvgIpc) is 2.90. The van der Waals surface area contributed by atoms with Crippen molar-refractivity contribution in [2.45, 2.75) is 24.8 Å². The molecule has 0 saturated carbocycles. The zero-order valence-corrected chi connectivity index (χ0v) is 11.2. The van der Waals surface area contributed by atoms with Gasteiger partial charge in [-0.3, -0.25) is 4.79 Å². The van der Waals surface area contributed by atoms with Crippen molar-refractivity contribution < 1.29 is 4.79 Å². The summed E-state index contributed by atoms with van der Waals surface area (Å²) in [6, 6.07) is 3.96. The van der Waals surface area contributed by atoms with Gasteiger partial charge in [0.2, 0.25) is 5.91 Å². The van der Waals surface area contributed by atoms with Crippen LogP contribution in [0.2, 0.25) is 0 Å². The summed E-state index contributed by atoms with van der Waals surface area (Å²) in [6.45, 7) is 3.62. The maximum atomic E-state index is 11.9. The monoisotopic (exact) mass is 261 g/mol. The number of thioether (sulfide) groups is 1. The topological polar surface area (TPSA) is 57.0 Å². The number of carbonyl (C=O) groups excluding carboxylic acids is 1. The number of amides is 1. The van der Waals surface area contributed by atoms with E-state index in [1.807, 2.05) is 17.9 Å². The molecule has 0 unspecified atom stereocenters. The third kappa shape index (κ3) is 2.82. The molecule has 1 amide bonds. The number of hydrogen-bond acceptors (Lipinski definition) is 4. The molecule has 0 radical (unpaired) electrons. The van der Waals surface area contributed by atoms with Crippen molar-refractivity contribution in [3.8, 4) is 6.07 Å². The summed E-state index contributed by atoms with van der Waals surface area (Å²) in [6.07, 6.45) is 3.88. The molecule has 1 saturated heterocycles. The van der Waals surface area contributed by atoms with Crippen LogP contribution in [0.5, 0.6) is 0 Å². The Balaban J connectivity index is 2.00. The minimum absolute atomic E-state index is 0.143. The van der Waals surface area contributed by atoms with Crippen LogP contribution < -0.4 is 0 Å². The van der Waals surface area contributed by atoms with Gasteiger partial charge in [0.15, 0.2) is 0 Å². The van der Waals surface area contributed by atoms with Gasteiger partial charge >= 0.3 is 0 Å². The van der Waals surface area contributed by atoms with E-state index in [1.54, 1.807) is 6.20 Å². The highest BCUT2D eigenvalue weighted by atomic mass is 32.2. The van der Waals surface area contributed by atoms with Crippen molar-refractivity contribution in [2.75, 3.05) is 18.8 Å². The molecule has 0 atom stereocenters. The van der Waals surface area contributed by atoms with Crippen LogP contribution in [-0.2, 0) is 4.79 Å². The normalized spacial score (nSPS) is 14.6. The van der Waals surface area contributed by atoms with Gasteiger partial charge in [0.1, 0.15) is 11.1 Å². The SMILES string of the molecule is Cc1ccnc(SCC(=O)N2CCCC2)c1C#N. The molecule has 4 nitrogen and oxygen atoms in total. The second-order valence-electron chi connectivity index (χ2n) is 4.30. The molecule has 1 aromatic rings. The van der Waals surface area contributed by atoms with Gasteiger partial charge in [0, 0.05) is 19.3 Å². The van der Waals surface area contributed by atoms with E-state index < -0.39 is 0 Å². The summed E-state index contributed by atoms with van der Waals surface area (Å²) >= 11 is 1.36. The number of pyridine rings is 1. The summed E-state index contributed by atoms with van der Waals surface area (Å²) < 4.78 is 0. The molecule has 2 heterocycles. The fraction of sp³-hybridized carbons (Fsp3) is 0.462. The van der Waals surface area contributed by atoms with Gasteiger partial charge in [-0.25, -0.2) is 4.98 Å². The third-order valence-electron chi connectivity index (χ3n) is 3.03. The van der Waals surface area contributed by atoms with E-state index in [1.165, 1.54) is 11.8 Å². The van der Waals surface area contributed by atoms with E-state index in [9.17, 15) is 4.79 Å². The minimum atomic E-state index is 0.143. The Morgan fingerprint density at radius 2 is 2.28 bits per heavy atom. The first-order chi connectivity index (χ1) is 8.72. The van der Waals surface area contributed by atoms with E-state index in [0.717, 1.165) is 31.5 Å². The first kappa shape index (κ1) is 12.9. The largest absolute Gasteiger partial charge is 0.342 e. The molecule has 1 fully saturated rings. The van der Waals surface area contributed by atoms with Crippen molar-refractivity contribution >= 4 is 17.7 Å². The van der Waals surface area contributed by atoms with Gasteiger partial charge in [-0.2, -0.15) is 5.26 Å². The average molecular weight is 261 g/mol. The molecular formula is C13H15N3OS. The fourth-order valence-corrected chi connectivity index (χ4v) is 2.90. The Hall–Kier alpha value is -1.54. The zero-order chi connectivity index (χ0) is 13.0. The molecular weight excluding hydrogens is 246 g/mol. The van der Waals surface area contributed by atoms with Crippen LogP contribution in [0, 0.1) is 18.3 Å². The van der Waals surface area contributed by atoms with E-state index in [-0.39, 0.29) is 5.91 Å². The van der Waals surface area contributed by atoms with Gasteiger partial charge in [0.25, 0.3) is 0 Å². The van der Waals surface area contributed by atoms with Crippen molar-refractivity contribution in [1.29, 1.82) is 5.26 Å². The third-order valence-corrected chi connectivity index (χ3v) is 4.00. The van der Waals surface area contributed by atoms with Crippen LogP contribution in [0.25, 0.3) is 0 Å². The Bertz CT molecular complexity index is 489. The summed E-state index contributed by atoms with van der Waals surface area (Å²) in [5.41, 5.74) is 1.49. The number of nitriles is 1. The number of nitrogens with zero attached hydrogens (tertiary/aromatic N) is 3. The van der Waals surface area contributed by atoms with Gasteiger partial charge in [-0.1, -0.05) is 11.8 Å². The van der Waals surface area contributed by atoms with Crippen molar-refractivity contribution in [1.82, 2.24) is 9.88 Å². The molecule has 0 spiro atoms. The number of rotatable bonds is 3. The smallest absolute Gasteiger partial charge is 0.232 e. The lowest BCUT2D eigenvalue weighted by molar-refractivity contribution is -0.127. The van der Waals surface area contributed by atoms with E-state index in [4.69, 9.17) is 5.26 Å². The van der Waals surface area contributed by atoms with Gasteiger partial charge in [0.05, 0.1) is 11.3 Å². The highest BCUT2D eigenvalue weighted by Crippen LogP contribution is 2.22. The first-order valence-electron chi connectivity index (χ1n) is 5.98. The van der Waals surface area contributed by atoms with Gasteiger partial charge < -0.3 is 4.90 Å². The summed E-state index contributed by atoms with van der Waals surface area (Å²) in [4.78, 5) is 18.0. The molecule has 18 heavy (non-hydrogen) atoms. The first-order valence-corrected chi connectivity index (χ1v) is 6.97. The molecule has 0 bridgehead atoms. The number of carbonyl (C=O) groups is 1. The molecule has 0 aromatic carbocycles. The predicted molar refractivity (Wildman–Crippen MR) is 70.2 cm³/mol. The van der Waals surface area contributed by atoms with Crippen molar-refractivity contribution in [3.63, 3.8) is 0 Å². The lowest BCUT2D eigenvalue weighted by Crippen LogP contribution is -2.29. The quantitative estimate of drug-likeness (QED) is 0.781. The molecule has 0 N–H and O–H groups in total. The molecule has 94 valence electrons. The van der Waals surface area contributed by atoms with E-state index in [0.29, 0.717) is 16.3 Å². The second-order valence-corrected chi connectivity index (χ2v) is 5.26. The van der Waals surface area contributed by atoms with E-state index in [2.05, 4.69) is 11.1 Å². The lowest BCUT2D eigenvalue weighted by Gasteiger charge is -2.14. The molecule has 0 aliphatic carbocycles. The zero-order valence-electron chi connectivity index (χ0n) is 10.3. The van der Waals surface area contributed by atoms with Crippen LogP contribution >= 0.6 is 11.8 Å². The second kappa shape index (κ2) is 5.87. The minimum Gasteiger partial charge on any atom is -0.342 e. The number of aromatic nitrogens is 1. The van der Waals surface area contributed by atoms with Crippen LogP contribution in [0.3, 0.4) is 0 Å². The number of hydrogen-bond donors (Lipinski definition) is 0. The Morgan fingerprint density at radius 3 is 2.94 bits per heavy atom. The number of aryl methyl sites for hydroxylation is 1. The molecule has 2 rings (SSSR count). The van der Waals surface area contributed by atoms with Crippen LogP contribution in [0.1, 0.15) is 24.0 Å². The van der Waals surface area contributed by atoms with Crippen molar-refractivity contribution in [3.05, 3.63) is 23.4 Å². The summed E-state index contributed by atoms with van der Waals surface area (Å²) in [7, 11) is 0. The van der Waals surface area contributed by atoms with Crippen molar-refractivity contribution in [2.24, 2.45) is 0 Å². The van der Waals surface area contributed by atoms with Crippen LogP contribution in [0.15, 0.2) is 17.3 Å². The molecule has 1 aliphatic rings. The van der Waals surface area contributed by atoms with Crippen LogP contribution in [0.4, 0.5) is 0 Å². The highest BCUT2D eigenvalue weighted by molar-refractivity contribution is 7.99. The predicted octanol–water partition coefficient (Wildman–Crippen LogP) is 1.98.